The fourth-order valence-corrected chi connectivity index (χ4v) is 3.19. The molecule has 1 N–H and O–H groups in total. The molecule has 19 heavy (non-hydrogen) atoms. The fourth-order valence-electron chi connectivity index (χ4n) is 3.19. The lowest BCUT2D eigenvalue weighted by Crippen LogP contribution is -2.51. The van der Waals surface area contributed by atoms with Crippen LogP contribution in [0.1, 0.15) is 37.8 Å². The second-order valence-electron chi connectivity index (χ2n) is 6.30. The lowest BCUT2D eigenvalue weighted by Gasteiger charge is -2.48. The molecule has 3 atom stereocenters. The van der Waals surface area contributed by atoms with Gasteiger partial charge in [0.15, 0.2) is 5.79 Å². The molecule has 0 bridgehead atoms. The van der Waals surface area contributed by atoms with Crippen LogP contribution in [-0.2, 0) is 15.1 Å². The summed E-state index contributed by atoms with van der Waals surface area (Å²) in [7, 11) is 0. The lowest BCUT2D eigenvalue weighted by molar-refractivity contribution is -0.186. The van der Waals surface area contributed by atoms with E-state index in [4.69, 9.17) is 9.47 Å². The third-order valence-electron chi connectivity index (χ3n) is 4.48. The molecule has 0 radical (unpaired) electrons. The van der Waals surface area contributed by atoms with Crippen molar-refractivity contribution in [3.8, 4) is 0 Å². The number of hydrogen-bond donors (Lipinski definition) is 1. The minimum absolute atomic E-state index is 0.00458. The Morgan fingerprint density at radius 1 is 1.21 bits per heavy atom. The molecule has 1 saturated heterocycles. The first kappa shape index (κ1) is 13.1. The Morgan fingerprint density at radius 2 is 1.89 bits per heavy atom. The van der Waals surface area contributed by atoms with Crippen molar-refractivity contribution in [3.05, 3.63) is 35.4 Å². The summed E-state index contributed by atoms with van der Waals surface area (Å²) >= 11 is 0. The zero-order valence-electron chi connectivity index (χ0n) is 11.8. The molecule has 1 saturated carbocycles. The van der Waals surface area contributed by atoms with Crippen molar-refractivity contribution >= 4 is 0 Å². The van der Waals surface area contributed by atoms with Crippen molar-refractivity contribution in [2.45, 2.75) is 51.1 Å². The van der Waals surface area contributed by atoms with E-state index >= 15 is 0 Å². The molecular weight excluding hydrogens is 240 g/mol. The maximum absolute atomic E-state index is 10.9. The predicted molar refractivity (Wildman–Crippen MR) is 72.7 cm³/mol. The van der Waals surface area contributed by atoms with Crippen molar-refractivity contribution in [2.75, 3.05) is 6.61 Å². The highest BCUT2D eigenvalue weighted by Crippen LogP contribution is 2.50. The first-order valence-corrected chi connectivity index (χ1v) is 7.02. The standard InChI is InChI=1S/C16H22O3/c1-11-4-6-12(7-5-11)16(17)9-8-13(16)14-10-18-15(2,3)19-14/h4-7,13-14,17H,8-10H2,1-3H3/t13-,14+,16+/m0/s1. The molecule has 0 aromatic heterocycles. The molecule has 3 heteroatoms. The SMILES string of the molecule is Cc1ccc([C@]2(O)CC[C@H]2[C@H]2COC(C)(C)O2)cc1. The normalized spacial score (nSPS) is 37.1. The maximum atomic E-state index is 10.9. The smallest absolute Gasteiger partial charge is 0.163 e. The molecule has 2 fully saturated rings. The van der Waals surface area contributed by atoms with Crippen molar-refractivity contribution in [1.29, 1.82) is 0 Å². The van der Waals surface area contributed by atoms with Gasteiger partial charge in [0.2, 0.25) is 0 Å². The van der Waals surface area contributed by atoms with E-state index in [1.54, 1.807) is 0 Å². The minimum Gasteiger partial charge on any atom is -0.385 e. The Labute approximate surface area is 114 Å². The zero-order chi connectivity index (χ0) is 13.7. The molecule has 0 amide bonds. The Hall–Kier alpha value is -0.900. The molecule has 1 aliphatic carbocycles. The van der Waals surface area contributed by atoms with Gasteiger partial charge in [-0.05, 0) is 39.2 Å². The van der Waals surface area contributed by atoms with Gasteiger partial charge in [-0.15, -0.1) is 0 Å². The molecule has 1 aliphatic heterocycles. The molecule has 1 aromatic carbocycles. The van der Waals surface area contributed by atoms with Crippen LogP contribution in [0.25, 0.3) is 0 Å². The van der Waals surface area contributed by atoms with E-state index in [0.29, 0.717) is 6.61 Å². The van der Waals surface area contributed by atoms with E-state index in [0.717, 1.165) is 18.4 Å². The largest absolute Gasteiger partial charge is 0.385 e. The van der Waals surface area contributed by atoms with Crippen LogP contribution in [0.3, 0.4) is 0 Å². The highest BCUT2D eigenvalue weighted by molar-refractivity contribution is 5.30. The fraction of sp³-hybridized carbons (Fsp3) is 0.625. The summed E-state index contributed by atoms with van der Waals surface area (Å²) in [5.41, 5.74) is 1.47. The molecule has 3 rings (SSSR count). The van der Waals surface area contributed by atoms with Gasteiger partial charge in [0.1, 0.15) is 0 Å². The number of aryl methyl sites for hydroxylation is 1. The molecule has 0 unspecified atom stereocenters. The van der Waals surface area contributed by atoms with Gasteiger partial charge >= 0.3 is 0 Å². The van der Waals surface area contributed by atoms with Crippen LogP contribution in [0, 0.1) is 12.8 Å². The molecule has 0 spiro atoms. The summed E-state index contributed by atoms with van der Waals surface area (Å²) < 4.78 is 11.5. The summed E-state index contributed by atoms with van der Waals surface area (Å²) in [5, 5.41) is 10.9. The number of hydrogen-bond acceptors (Lipinski definition) is 3. The van der Waals surface area contributed by atoms with E-state index in [-0.39, 0.29) is 12.0 Å². The minimum atomic E-state index is -0.748. The van der Waals surface area contributed by atoms with Crippen LogP contribution in [0.2, 0.25) is 0 Å². The van der Waals surface area contributed by atoms with Crippen LogP contribution < -0.4 is 0 Å². The maximum Gasteiger partial charge on any atom is 0.163 e. The van der Waals surface area contributed by atoms with Crippen molar-refractivity contribution in [3.63, 3.8) is 0 Å². The average Bonchev–Trinajstić information content (AvgIpc) is 2.68. The molecule has 3 nitrogen and oxygen atoms in total. The van der Waals surface area contributed by atoms with Crippen LogP contribution in [0.4, 0.5) is 0 Å². The van der Waals surface area contributed by atoms with E-state index in [2.05, 4.69) is 19.1 Å². The monoisotopic (exact) mass is 262 g/mol. The van der Waals surface area contributed by atoms with Gasteiger partial charge in [-0.3, -0.25) is 0 Å². The molecular formula is C16H22O3. The Bertz CT molecular complexity index is 465. The van der Waals surface area contributed by atoms with E-state index < -0.39 is 11.4 Å². The first-order chi connectivity index (χ1) is 8.91. The summed E-state index contributed by atoms with van der Waals surface area (Å²) in [6.45, 7) is 6.49. The highest BCUT2D eigenvalue weighted by atomic mass is 16.7. The third kappa shape index (κ3) is 2.20. The highest BCUT2D eigenvalue weighted by Gasteiger charge is 2.53. The Kier molecular flexibility index (Phi) is 2.97. The van der Waals surface area contributed by atoms with Gasteiger partial charge in [-0.1, -0.05) is 29.8 Å². The number of ether oxygens (including phenoxy) is 2. The van der Waals surface area contributed by atoms with Gasteiger partial charge in [-0.2, -0.15) is 0 Å². The van der Waals surface area contributed by atoms with Crippen LogP contribution >= 0.6 is 0 Å². The second kappa shape index (κ2) is 4.30. The summed E-state index contributed by atoms with van der Waals surface area (Å²) in [6, 6.07) is 8.17. The summed E-state index contributed by atoms with van der Waals surface area (Å²) in [6.07, 6.45) is 1.80. The van der Waals surface area contributed by atoms with E-state index in [9.17, 15) is 5.11 Å². The van der Waals surface area contributed by atoms with Crippen molar-refractivity contribution in [2.24, 2.45) is 5.92 Å². The van der Waals surface area contributed by atoms with E-state index in [1.165, 1.54) is 5.56 Å². The summed E-state index contributed by atoms with van der Waals surface area (Å²) in [5.74, 6) is -0.383. The number of rotatable bonds is 2. The Morgan fingerprint density at radius 3 is 2.37 bits per heavy atom. The average molecular weight is 262 g/mol. The Balaban J connectivity index is 1.80. The van der Waals surface area contributed by atoms with Crippen molar-refractivity contribution in [1.82, 2.24) is 0 Å². The van der Waals surface area contributed by atoms with Gasteiger partial charge < -0.3 is 14.6 Å². The quantitative estimate of drug-likeness (QED) is 0.890. The molecule has 2 aliphatic rings. The van der Waals surface area contributed by atoms with Crippen LogP contribution in [0.15, 0.2) is 24.3 Å². The molecule has 1 aromatic rings. The lowest BCUT2D eigenvalue weighted by atomic mass is 9.63. The van der Waals surface area contributed by atoms with Gasteiger partial charge in [0.05, 0.1) is 18.3 Å². The third-order valence-corrected chi connectivity index (χ3v) is 4.48. The van der Waals surface area contributed by atoms with Crippen LogP contribution in [0.5, 0.6) is 0 Å². The van der Waals surface area contributed by atoms with Gasteiger partial charge in [0, 0.05) is 5.92 Å². The summed E-state index contributed by atoms with van der Waals surface area (Å²) in [4.78, 5) is 0. The van der Waals surface area contributed by atoms with Gasteiger partial charge in [0.25, 0.3) is 0 Å². The molecule has 104 valence electrons. The number of benzene rings is 1. The molecule has 1 heterocycles. The zero-order valence-corrected chi connectivity index (χ0v) is 11.8. The van der Waals surface area contributed by atoms with Crippen LogP contribution in [-0.4, -0.2) is 23.6 Å². The second-order valence-corrected chi connectivity index (χ2v) is 6.30. The topological polar surface area (TPSA) is 38.7 Å². The van der Waals surface area contributed by atoms with Gasteiger partial charge in [-0.25, -0.2) is 0 Å². The van der Waals surface area contributed by atoms with Crippen molar-refractivity contribution < 1.29 is 14.6 Å². The number of aliphatic hydroxyl groups is 1. The van der Waals surface area contributed by atoms with E-state index in [1.807, 2.05) is 26.0 Å². The predicted octanol–water partition coefficient (Wildman–Crippen LogP) is 2.74. The first-order valence-electron chi connectivity index (χ1n) is 7.02.